The Labute approximate surface area is 127 Å². The Hall–Kier alpha value is -1.11. The van der Waals surface area contributed by atoms with Crippen molar-refractivity contribution in [2.45, 2.75) is 25.8 Å². The topological polar surface area (TPSA) is 78.8 Å². The average Bonchev–Trinajstić information content (AvgIpc) is 2.44. The summed E-state index contributed by atoms with van der Waals surface area (Å²) in [6.07, 6.45) is 0.431. The molecule has 0 aromatic heterocycles. The van der Waals surface area contributed by atoms with Crippen LogP contribution in [0.15, 0.2) is 22.7 Å². The lowest BCUT2D eigenvalue weighted by atomic mass is 9.98. The van der Waals surface area contributed by atoms with Crippen LogP contribution in [0.25, 0.3) is 0 Å². The van der Waals surface area contributed by atoms with E-state index in [-0.39, 0.29) is 25.7 Å². The van der Waals surface area contributed by atoms with Crippen LogP contribution in [0.3, 0.4) is 0 Å². The van der Waals surface area contributed by atoms with Gasteiger partial charge in [-0.1, -0.05) is 13.0 Å². The molecule has 0 fully saturated rings. The molecule has 0 radical (unpaired) electrons. The van der Waals surface area contributed by atoms with E-state index in [1.165, 1.54) is 0 Å². The van der Waals surface area contributed by atoms with E-state index in [1.807, 2.05) is 19.1 Å². The molecule has 0 atom stereocenters. The third-order valence-electron chi connectivity index (χ3n) is 3.13. The number of aliphatic hydroxyl groups excluding tert-OH is 2. The molecule has 3 N–H and O–H groups in total. The van der Waals surface area contributed by atoms with E-state index in [2.05, 4.69) is 21.2 Å². The molecule has 1 rings (SSSR count). The number of carbonyl (C=O) groups excluding carboxylic acids is 1. The van der Waals surface area contributed by atoms with Crippen molar-refractivity contribution in [1.29, 1.82) is 0 Å². The minimum Gasteiger partial charge on any atom is -0.483 e. The summed E-state index contributed by atoms with van der Waals surface area (Å²) in [4.78, 5) is 11.8. The van der Waals surface area contributed by atoms with Crippen LogP contribution in [0.5, 0.6) is 5.75 Å². The van der Waals surface area contributed by atoms with Gasteiger partial charge in [-0.3, -0.25) is 4.79 Å². The fourth-order valence-electron chi connectivity index (χ4n) is 1.64. The first-order valence-electron chi connectivity index (χ1n) is 6.38. The molecule has 112 valence electrons. The maximum Gasteiger partial charge on any atom is 0.258 e. The predicted octanol–water partition coefficient (Wildman–Crippen LogP) is 1.39. The zero-order valence-electron chi connectivity index (χ0n) is 11.6. The van der Waals surface area contributed by atoms with Gasteiger partial charge in [0.05, 0.1) is 23.2 Å². The first-order chi connectivity index (χ1) is 9.46. The molecule has 0 aliphatic carbocycles. The minimum absolute atomic E-state index is 0.177. The molecule has 6 heteroatoms. The number of nitrogens with one attached hydrogen (secondary N) is 1. The van der Waals surface area contributed by atoms with E-state index in [1.54, 1.807) is 13.0 Å². The zero-order valence-corrected chi connectivity index (χ0v) is 13.2. The fraction of sp³-hybridized carbons (Fsp3) is 0.500. The molecule has 20 heavy (non-hydrogen) atoms. The van der Waals surface area contributed by atoms with Gasteiger partial charge >= 0.3 is 0 Å². The van der Waals surface area contributed by atoms with Crippen molar-refractivity contribution in [3.63, 3.8) is 0 Å². The van der Waals surface area contributed by atoms with Crippen LogP contribution in [-0.4, -0.2) is 41.5 Å². The number of ether oxygens (including phenoxy) is 1. The molecule has 1 aromatic rings. The summed E-state index contributed by atoms with van der Waals surface area (Å²) in [5, 5.41) is 21.1. The van der Waals surface area contributed by atoms with Crippen LogP contribution in [-0.2, 0) is 4.79 Å². The van der Waals surface area contributed by atoms with Crippen molar-refractivity contribution in [1.82, 2.24) is 5.32 Å². The number of hydrogen-bond acceptors (Lipinski definition) is 4. The third-order valence-corrected chi connectivity index (χ3v) is 3.75. The van der Waals surface area contributed by atoms with Gasteiger partial charge in [0.15, 0.2) is 6.61 Å². The van der Waals surface area contributed by atoms with E-state index in [9.17, 15) is 15.0 Å². The van der Waals surface area contributed by atoms with Gasteiger partial charge in [0, 0.05) is 0 Å². The maximum atomic E-state index is 11.8. The van der Waals surface area contributed by atoms with E-state index >= 15 is 0 Å². The molecule has 0 spiro atoms. The first-order valence-corrected chi connectivity index (χ1v) is 7.17. The summed E-state index contributed by atoms with van der Waals surface area (Å²) in [5.41, 5.74) is 0.0875. The Morgan fingerprint density at radius 3 is 2.55 bits per heavy atom. The maximum absolute atomic E-state index is 11.8. The van der Waals surface area contributed by atoms with Crippen molar-refractivity contribution in [3.05, 3.63) is 28.2 Å². The Kier molecular flexibility index (Phi) is 6.45. The smallest absolute Gasteiger partial charge is 0.258 e. The van der Waals surface area contributed by atoms with Crippen LogP contribution in [0.4, 0.5) is 0 Å². The van der Waals surface area contributed by atoms with Crippen molar-refractivity contribution < 1.29 is 19.7 Å². The minimum atomic E-state index is -0.995. The van der Waals surface area contributed by atoms with Crippen molar-refractivity contribution in [3.8, 4) is 5.75 Å². The van der Waals surface area contributed by atoms with Gasteiger partial charge in [-0.25, -0.2) is 0 Å². The molecule has 0 unspecified atom stereocenters. The Balaban J connectivity index is 2.59. The highest BCUT2D eigenvalue weighted by molar-refractivity contribution is 9.10. The quantitative estimate of drug-likeness (QED) is 0.697. The van der Waals surface area contributed by atoms with Crippen LogP contribution in [0, 0.1) is 6.92 Å². The van der Waals surface area contributed by atoms with E-state index in [0.29, 0.717) is 12.2 Å². The average molecular weight is 346 g/mol. The molecule has 0 saturated carbocycles. The summed E-state index contributed by atoms with van der Waals surface area (Å²) >= 11 is 3.36. The fourth-order valence-corrected chi connectivity index (χ4v) is 2.25. The predicted molar refractivity (Wildman–Crippen MR) is 79.7 cm³/mol. The van der Waals surface area contributed by atoms with Crippen molar-refractivity contribution in [2.75, 3.05) is 19.8 Å². The molecule has 0 aliphatic heterocycles. The number of rotatable bonds is 7. The molecule has 0 bridgehead atoms. The summed E-state index contributed by atoms with van der Waals surface area (Å²) < 4.78 is 6.19. The Morgan fingerprint density at radius 1 is 1.40 bits per heavy atom. The highest BCUT2D eigenvalue weighted by Crippen LogP contribution is 2.25. The van der Waals surface area contributed by atoms with Gasteiger partial charge in [0.25, 0.3) is 5.91 Å². The second kappa shape index (κ2) is 7.61. The molecule has 0 aliphatic rings. The lowest BCUT2D eigenvalue weighted by Gasteiger charge is -2.29. The lowest BCUT2D eigenvalue weighted by Crippen LogP contribution is -2.55. The number of carbonyl (C=O) groups is 1. The molecule has 1 aromatic carbocycles. The first kappa shape index (κ1) is 16.9. The molecule has 1 amide bonds. The van der Waals surface area contributed by atoms with Gasteiger partial charge < -0.3 is 20.3 Å². The summed E-state index contributed by atoms with van der Waals surface area (Å²) in [6, 6.07) is 5.55. The monoisotopic (exact) mass is 345 g/mol. The molecule has 0 saturated heterocycles. The second-order valence-corrected chi connectivity index (χ2v) is 5.58. The van der Waals surface area contributed by atoms with Gasteiger partial charge in [-0.15, -0.1) is 0 Å². The molecular weight excluding hydrogens is 326 g/mol. The van der Waals surface area contributed by atoms with Crippen LogP contribution in [0.2, 0.25) is 0 Å². The number of halogens is 1. The van der Waals surface area contributed by atoms with Crippen LogP contribution >= 0.6 is 15.9 Å². The summed E-state index contributed by atoms with van der Waals surface area (Å²) in [5.74, 6) is 0.184. The second-order valence-electron chi connectivity index (χ2n) is 4.72. The summed E-state index contributed by atoms with van der Waals surface area (Å²) in [6.45, 7) is 2.92. The highest BCUT2D eigenvalue weighted by Gasteiger charge is 2.28. The lowest BCUT2D eigenvalue weighted by molar-refractivity contribution is -0.126. The molecular formula is C14H20BrNO4. The molecule has 5 nitrogen and oxygen atoms in total. The van der Waals surface area contributed by atoms with E-state index in [4.69, 9.17) is 4.74 Å². The van der Waals surface area contributed by atoms with Crippen LogP contribution < -0.4 is 10.1 Å². The number of benzene rings is 1. The number of aliphatic hydroxyl groups is 2. The van der Waals surface area contributed by atoms with Crippen molar-refractivity contribution in [2.24, 2.45) is 0 Å². The highest BCUT2D eigenvalue weighted by atomic mass is 79.9. The number of hydrogen-bond donors (Lipinski definition) is 3. The largest absolute Gasteiger partial charge is 0.483 e. The molecule has 0 heterocycles. The van der Waals surface area contributed by atoms with E-state index < -0.39 is 5.54 Å². The standard InChI is InChI=1S/C14H20BrNO4/c1-3-14(8-17,9-18)16-13(19)7-20-12-5-4-10(2)6-11(12)15/h4-6,17-18H,3,7-9H2,1-2H3,(H,16,19). The normalized spacial score (nSPS) is 11.2. The summed E-state index contributed by atoms with van der Waals surface area (Å²) in [7, 11) is 0. The van der Waals surface area contributed by atoms with Crippen molar-refractivity contribution >= 4 is 21.8 Å². The van der Waals surface area contributed by atoms with Gasteiger partial charge in [0.2, 0.25) is 0 Å². The Morgan fingerprint density at radius 2 is 2.05 bits per heavy atom. The SMILES string of the molecule is CCC(CO)(CO)NC(=O)COc1ccc(C)cc1Br. The Bertz CT molecular complexity index is 452. The third kappa shape index (κ3) is 4.47. The van der Waals surface area contributed by atoms with Gasteiger partial charge in [0.1, 0.15) is 5.75 Å². The number of aryl methyl sites for hydroxylation is 1. The van der Waals surface area contributed by atoms with Crippen LogP contribution in [0.1, 0.15) is 18.9 Å². The zero-order chi connectivity index (χ0) is 15.2. The van der Waals surface area contributed by atoms with E-state index in [0.717, 1.165) is 10.0 Å². The van der Waals surface area contributed by atoms with Gasteiger partial charge in [-0.05, 0) is 47.0 Å². The number of amides is 1. The van der Waals surface area contributed by atoms with Gasteiger partial charge in [-0.2, -0.15) is 0 Å².